The molecule has 1 aliphatic rings. The number of carbonyl (C=O) groups is 1. The number of nitrogens with one attached hydrogen (secondary N) is 2. The lowest BCUT2D eigenvalue weighted by Gasteiger charge is -2.29. The van der Waals surface area contributed by atoms with Crippen LogP contribution >= 0.6 is 11.6 Å². The van der Waals surface area contributed by atoms with E-state index in [0.717, 1.165) is 17.7 Å². The number of amides is 1. The van der Waals surface area contributed by atoms with Crippen LogP contribution in [-0.2, 0) is 5.41 Å². The van der Waals surface area contributed by atoms with E-state index in [-0.39, 0.29) is 6.01 Å². The van der Waals surface area contributed by atoms with Crippen molar-refractivity contribution in [2.75, 3.05) is 36.4 Å². The molecule has 9 heteroatoms. The lowest BCUT2D eigenvalue weighted by molar-refractivity contribution is 0.101. The predicted molar refractivity (Wildman–Crippen MR) is 123 cm³/mol. The minimum atomic E-state index is -1.01. The van der Waals surface area contributed by atoms with Gasteiger partial charge in [-0.05, 0) is 36.8 Å². The van der Waals surface area contributed by atoms with Gasteiger partial charge in [-0.3, -0.25) is 10.1 Å². The van der Waals surface area contributed by atoms with E-state index in [1.165, 1.54) is 6.26 Å². The zero-order chi connectivity index (χ0) is 23.6. The van der Waals surface area contributed by atoms with Gasteiger partial charge in [0.1, 0.15) is 29.2 Å². The fraction of sp³-hybridized carbons (Fsp3) is 0.250. The Hall–Kier alpha value is -3.41. The maximum Gasteiger partial charge on any atom is 0.301 e. The van der Waals surface area contributed by atoms with E-state index in [2.05, 4.69) is 21.5 Å². The van der Waals surface area contributed by atoms with Gasteiger partial charge in [0, 0.05) is 36.9 Å². The fourth-order valence-corrected chi connectivity index (χ4v) is 3.82. The number of oxazole rings is 1. The highest BCUT2D eigenvalue weighted by molar-refractivity contribution is 6.30. The molecule has 2 heterocycles. The first-order chi connectivity index (χ1) is 15.8. The van der Waals surface area contributed by atoms with Crippen LogP contribution in [0.4, 0.5) is 20.5 Å². The number of carbonyl (C=O) groups excluding carboxylic acids is 1. The third-order valence-corrected chi connectivity index (χ3v) is 5.94. The zero-order valence-electron chi connectivity index (χ0n) is 17.8. The molecule has 0 bridgehead atoms. The molecule has 2 aromatic carbocycles. The van der Waals surface area contributed by atoms with Crippen LogP contribution in [0.2, 0.25) is 5.02 Å². The number of piperazine rings is 1. The van der Waals surface area contributed by atoms with Gasteiger partial charge in [-0.1, -0.05) is 29.7 Å². The van der Waals surface area contributed by atoms with Crippen molar-refractivity contribution in [1.29, 1.82) is 0 Å². The van der Waals surface area contributed by atoms with Crippen molar-refractivity contribution in [2.24, 2.45) is 0 Å². The lowest BCUT2D eigenvalue weighted by Crippen LogP contribution is -2.43. The average molecular weight is 471 g/mol. The summed E-state index contributed by atoms with van der Waals surface area (Å²) < 4.78 is 34.7. The molecule has 0 aliphatic carbocycles. The van der Waals surface area contributed by atoms with Crippen molar-refractivity contribution < 1.29 is 18.0 Å². The molecule has 0 spiro atoms. The summed E-state index contributed by atoms with van der Waals surface area (Å²) in [5, 5.41) is 6.03. The minimum Gasteiger partial charge on any atom is -0.432 e. The Morgan fingerprint density at radius 2 is 1.88 bits per heavy atom. The Morgan fingerprint density at radius 1 is 1.24 bits per heavy atom. The summed E-state index contributed by atoms with van der Waals surface area (Å²) >= 11 is 5.95. The van der Waals surface area contributed by atoms with E-state index in [4.69, 9.17) is 22.4 Å². The van der Waals surface area contributed by atoms with Gasteiger partial charge in [-0.2, -0.15) is 4.98 Å². The molecule has 1 saturated heterocycles. The van der Waals surface area contributed by atoms with Crippen LogP contribution in [0.15, 0.2) is 47.1 Å². The van der Waals surface area contributed by atoms with Crippen LogP contribution in [0.25, 0.3) is 0 Å². The van der Waals surface area contributed by atoms with Gasteiger partial charge < -0.3 is 14.6 Å². The van der Waals surface area contributed by atoms with E-state index in [0.29, 0.717) is 42.6 Å². The molecule has 3 aromatic rings. The first kappa shape index (κ1) is 22.8. The molecule has 0 unspecified atom stereocenters. The number of halogens is 3. The smallest absolute Gasteiger partial charge is 0.301 e. The molecule has 33 heavy (non-hydrogen) atoms. The van der Waals surface area contributed by atoms with Crippen LogP contribution in [-0.4, -0.2) is 37.1 Å². The van der Waals surface area contributed by atoms with Gasteiger partial charge >= 0.3 is 6.01 Å². The molecule has 1 aromatic heterocycles. The number of terminal acetylenes is 1. The molecule has 170 valence electrons. The van der Waals surface area contributed by atoms with Crippen molar-refractivity contribution in [3.8, 4) is 12.3 Å². The van der Waals surface area contributed by atoms with Gasteiger partial charge in [0.15, 0.2) is 0 Å². The van der Waals surface area contributed by atoms with Crippen molar-refractivity contribution in [1.82, 2.24) is 10.3 Å². The number of hydrogen-bond acceptors (Lipinski definition) is 5. The van der Waals surface area contributed by atoms with Crippen molar-refractivity contribution in [3.05, 3.63) is 76.1 Å². The normalized spacial score (nSPS) is 15.5. The molecule has 1 amide bonds. The molecule has 2 N–H and O–H groups in total. The Labute approximate surface area is 194 Å². The molecule has 1 fully saturated rings. The van der Waals surface area contributed by atoms with Crippen molar-refractivity contribution in [2.45, 2.75) is 12.3 Å². The highest BCUT2D eigenvalue weighted by atomic mass is 35.5. The quantitative estimate of drug-likeness (QED) is 0.547. The van der Waals surface area contributed by atoms with E-state index in [1.807, 2.05) is 4.90 Å². The maximum atomic E-state index is 14.7. The number of nitrogens with zero attached hydrogens (tertiary/aromatic N) is 2. The number of hydrogen-bond donors (Lipinski definition) is 2. The summed E-state index contributed by atoms with van der Waals surface area (Å²) in [5.74, 6) is -0.278. The number of aromatic nitrogens is 1. The highest BCUT2D eigenvalue weighted by Gasteiger charge is 2.31. The number of benzene rings is 2. The number of anilines is 2. The summed E-state index contributed by atoms with van der Waals surface area (Å²) in [4.78, 5) is 18.7. The first-order valence-electron chi connectivity index (χ1n) is 10.3. The second kappa shape index (κ2) is 9.22. The maximum absolute atomic E-state index is 14.7. The topological polar surface area (TPSA) is 70.4 Å². The van der Waals surface area contributed by atoms with Crippen LogP contribution in [0.5, 0.6) is 0 Å². The SMILES string of the molecule is C#C[C@@](C)(c1ccc(Cl)cc1)c1coc(NC(=O)c2c(F)cc(N3CCNCC3)cc2F)n1. The minimum absolute atomic E-state index is 0.226. The molecule has 0 saturated carbocycles. The molecule has 4 rings (SSSR count). The molecule has 6 nitrogen and oxygen atoms in total. The van der Waals surface area contributed by atoms with Crippen molar-refractivity contribution >= 4 is 29.2 Å². The van der Waals surface area contributed by atoms with Gasteiger partial charge in [0.2, 0.25) is 0 Å². The molecule has 0 radical (unpaired) electrons. The van der Waals surface area contributed by atoms with Crippen LogP contribution in [0.3, 0.4) is 0 Å². The van der Waals surface area contributed by atoms with Crippen LogP contribution in [0.1, 0.15) is 28.5 Å². The molecular weight excluding hydrogens is 450 g/mol. The van der Waals surface area contributed by atoms with Crippen LogP contribution < -0.4 is 15.5 Å². The summed E-state index contributed by atoms with van der Waals surface area (Å²) in [5.41, 5.74) is -0.225. The van der Waals surface area contributed by atoms with E-state index < -0.39 is 28.5 Å². The summed E-state index contributed by atoms with van der Waals surface area (Å²) in [6.07, 6.45) is 7.06. The van der Waals surface area contributed by atoms with E-state index >= 15 is 0 Å². The second-order valence-electron chi connectivity index (χ2n) is 7.79. The van der Waals surface area contributed by atoms with E-state index in [1.54, 1.807) is 31.2 Å². The first-order valence-corrected chi connectivity index (χ1v) is 10.7. The third kappa shape index (κ3) is 4.56. The van der Waals surface area contributed by atoms with Gasteiger partial charge in [-0.15, -0.1) is 6.42 Å². The highest BCUT2D eigenvalue weighted by Crippen LogP contribution is 2.32. The van der Waals surface area contributed by atoms with Crippen molar-refractivity contribution in [3.63, 3.8) is 0 Å². The summed E-state index contributed by atoms with van der Waals surface area (Å²) in [7, 11) is 0. The largest absolute Gasteiger partial charge is 0.432 e. The van der Waals surface area contributed by atoms with E-state index in [9.17, 15) is 13.6 Å². The van der Waals surface area contributed by atoms with Gasteiger partial charge in [0.25, 0.3) is 5.91 Å². The van der Waals surface area contributed by atoms with Gasteiger partial charge in [0.05, 0.1) is 5.41 Å². The van der Waals surface area contributed by atoms with Crippen LogP contribution in [0, 0.1) is 24.0 Å². The standard InChI is InChI=1S/C24H21ClF2N4O2/c1-3-24(2,15-4-6-16(25)7-5-15)20-14-33-23(29-20)30-22(32)21-18(26)12-17(13-19(21)27)31-10-8-28-9-11-31/h1,4-7,12-14,28H,8-11H2,2H3,(H,29,30,32)/t24-/m0/s1. The average Bonchev–Trinajstić information content (AvgIpc) is 3.28. The molecule has 1 aliphatic heterocycles. The Morgan fingerprint density at radius 3 is 2.48 bits per heavy atom. The Balaban J connectivity index is 1.55. The predicted octanol–water partition coefficient (Wildman–Crippen LogP) is 4.21. The monoisotopic (exact) mass is 470 g/mol. The summed E-state index contributed by atoms with van der Waals surface area (Å²) in [6.45, 7) is 4.42. The zero-order valence-corrected chi connectivity index (χ0v) is 18.5. The molecular formula is C24H21ClF2N4O2. The molecule has 1 atom stereocenters. The van der Waals surface area contributed by atoms with Gasteiger partial charge in [-0.25, -0.2) is 8.78 Å². The third-order valence-electron chi connectivity index (χ3n) is 5.68. The summed E-state index contributed by atoms with van der Waals surface area (Å²) in [6, 6.07) is 9.01. The Bertz CT molecular complexity index is 1190. The second-order valence-corrected chi connectivity index (χ2v) is 8.23. The lowest BCUT2D eigenvalue weighted by atomic mass is 9.81. The Kier molecular flexibility index (Phi) is 6.36. The fourth-order valence-electron chi connectivity index (χ4n) is 3.69. The number of rotatable bonds is 5.